The fourth-order valence-corrected chi connectivity index (χ4v) is 1.36. The van der Waals surface area contributed by atoms with Gasteiger partial charge in [-0.25, -0.2) is 8.78 Å². The number of hydrogen-bond acceptors (Lipinski definition) is 2. The molecular formula is C11H8F2N2. The Kier molecular flexibility index (Phi) is 2.33. The first-order valence-corrected chi connectivity index (χ1v) is 4.33. The molecule has 0 aliphatic carbocycles. The molecule has 2 N–H and O–H groups in total. The number of nitrogens with two attached hydrogens (primary N) is 1. The SMILES string of the molecule is Nc1cnccc1-c1ccc(F)cc1F. The second-order valence-electron chi connectivity index (χ2n) is 3.09. The van der Waals surface area contributed by atoms with Crippen LogP contribution < -0.4 is 5.73 Å². The minimum atomic E-state index is -0.632. The van der Waals surface area contributed by atoms with Crippen molar-refractivity contribution in [3.05, 3.63) is 48.3 Å². The highest BCUT2D eigenvalue weighted by molar-refractivity contribution is 5.75. The number of pyridine rings is 1. The summed E-state index contributed by atoms with van der Waals surface area (Å²) in [5.41, 5.74) is 6.79. The zero-order valence-corrected chi connectivity index (χ0v) is 7.74. The lowest BCUT2D eigenvalue weighted by molar-refractivity contribution is 0.585. The highest BCUT2D eigenvalue weighted by Crippen LogP contribution is 2.27. The highest BCUT2D eigenvalue weighted by atomic mass is 19.1. The fraction of sp³-hybridized carbons (Fsp3) is 0. The van der Waals surface area contributed by atoms with E-state index in [4.69, 9.17) is 5.73 Å². The third-order valence-electron chi connectivity index (χ3n) is 2.07. The summed E-state index contributed by atoms with van der Waals surface area (Å²) in [5.74, 6) is -1.24. The molecule has 1 aromatic heterocycles. The maximum Gasteiger partial charge on any atom is 0.134 e. The molecule has 0 atom stereocenters. The standard InChI is InChI=1S/C11H8F2N2/c12-7-1-2-8(10(13)5-7)9-3-4-15-6-11(9)14/h1-6H,14H2. The van der Waals surface area contributed by atoms with Crippen LogP contribution in [0, 0.1) is 11.6 Å². The average molecular weight is 206 g/mol. The summed E-state index contributed by atoms with van der Waals surface area (Å²) in [5, 5.41) is 0. The number of hydrogen-bond donors (Lipinski definition) is 1. The lowest BCUT2D eigenvalue weighted by Gasteiger charge is -2.05. The monoisotopic (exact) mass is 206 g/mol. The van der Waals surface area contributed by atoms with Gasteiger partial charge in [-0.05, 0) is 18.2 Å². The lowest BCUT2D eigenvalue weighted by Crippen LogP contribution is -1.93. The largest absolute Gasteiger partial charge is 0.397 e. The van der Waals surface area contributed by atoms with Gasteiger partial charge >= 0.3 is 0 Å². The number of rotatable bonds is 1. The Balaban J connectivity index is 2.60. The van der Waals surface area contributed by atoms with Crippen molar-refractivity contribution in [1.82, 2.24) is 4.98 Å². The molecule has 0 amide bonds. The van der Waals surface area contributed by atoms with E-state index in [2.05, 4.69) is 4.98 Å². The summed E-state index contributed by atoms with van der Waals surface area (Å²) in [4.78, 5) is 3.80. The molecule has 0 spiro atoms. The van der Waals surface area contributed by atoms with E-state index < -0.39 is 11.6 Å². The van der Waals surface area contributed by atoms with Crippen LogP contribution in [0.5, 0.6) is 0 Å². The molecule has 15 heavy (non-hydrogen) atoms. The van der Waals surface area contributed by atoms with Gasteiger partial charge in [0, 0.05) is 23.4 Å². The Labute approximate surface area is 85.4 Å². The predicted molar refractivity (Wildman–Crippen MR) is 54.0 cm³/mol. The summed E-state index contributed by atoms with van der Waals surface area (Å²) in [6, 6.07) is 4.97. The van der Waals surface area contributed by atoms with Crippen LogP contribution in [-0.2, 0) is 0 Å². The Morgan fingerprint density at radius 3 is 2.53 bits per heavy atom. The van der Waals surface area contributed by atoms with Crippen molar-refractivity contribution in [3.8, 4) is 11.1 Å². The van der Waals surface area contributed by atoms with Gasteiger partial charge in [-0.1, -0.05) is 0 Å². The first kappa shape index (κ1) is 9.58. The van der Waals surface area contributed by atoms with Crippen LogP contribution in [0.1, 0.15) is 0 Å². The normalized spacial score (nSPS) is 10.3. The third kappa shape index (κ3) is 1.79. The van der Waals surface area contributed by atoms with Crippen molar-refractivity contribution in [2.24, 2.45) is 0 Å². The van der Waals surface area contributed by atoms with Gasteiger partial charge in [0.25, 0.3) is 0 Å². The molecule has 2 aromatic rings. The summed E-state index contributed by atoms with van der Waals surface area (Å²) < 4.78 is 26.1. The molecule has 0 fully saturated rings. The zero-order valence-electron chi connectivity index (χ0n) is 7.74. The van der Waals surface area contributed by atoms with Crippen LogP contribution in [-0.4, -0.2) is 4.98 Å². The van der Waals surface area contributed by atoms with Crippen LogP contribution in [0.25, 0.3) is 11.1 Å². The van der Waals surface area contributed by atoms with Crippen LogP contribution in [0.3, 0.4) is 0 Å². The Bertz CT molecular complexity index is 498. The van der Waals surface area contributed by atoms with Gasteiger partial charge in [-0.15, -0.1) is 0 Å². The molecule has 1 aromatic carbocycles. The number of benzene rings is 1. The zero-order chi connectivity index (χ0) is 10.8. The van der Waals surface area contributed by atoms with E-state index in [0.717, 1.165) is 6.07 Å². The van der Waals surface area contributed by atoms with Crippen LogP contribution in [0.4, 0.5) is 14.5 Å². The smallest absolute Gasteiger partial charge is 0.134 e. The quantitative estimate of drug-likeness (QED) is 0.778. The maximum atomic E-state index is 13.4. The summed E-state index contributed by atoms with van der Waals surface area (Å²) >= 11 is 0. The minimum absolute atomic E-state index is 0.274. The van der Waals surface area contributed by atoms with Crippen molar-refractivity contribution in [2.75, 3.05) is 5.73 Å². The van der Waals surface area contributed by atoms with E-state index in [0.29, 0.717) is 11.3 Å². The van der Waals surface area contributed by atoms with E-state index in [1.165, 1.54) is 24.5 Å². The van der Waals surface area contributed by atoms with E-state index in [1.807, 2.05) is 0 Å². The molecule has 1 heterocycles. The topological polar surface area (TPSA) is 38.9 Å². The molecule has 0 bridgehead atoms. The Hall–Kier alpha value is -1.97. The van der Waals surface area contributed by atoms with Crippen molar-refractivity contribution >= 4 is 5.69 Å². The van der Waals surface area contributed by atoms with Gasteiger partial charge in [0.15, 0.2) is 0 Å². The van der Waals surface area contributed by atoms with Crippen LogP contribution >= 0.6 is 0 Å². The second-order valence-corrected chi connectivity index (χ2v) is 3.09. The van der Waals surface area contributed by atoms with Gasteiger partial charge in [0.1, 0.15) is 11.6 Å². The summed E-state index contributed by atoms with van der Waals surface area (Å²) in [7, 11) is 0. The lowest BCUT2D eigenvalue weighted by atomic mass is 10.1. The molecule has 2 nitrogen and oxygen atoms in total. The molecular weight excluding hydrogens is 198 g/mol. The Morgan fingerprint density at radius 2 is 1.87 bits per heavy atom. The van der Waals surface area contributed by atoms with Gasteiger partial charge < -0.3 is 5.73 Å². The van der Waals surface area contributed by atoms with Crippen LogP contribution in [0.15, 0.2) is 36.7 Å². The minimum Gasteiger partial charge on any atom is -0.397 e. The third-order valence-corrected chi connectivity index (χ3v) is 2.07. The fourth-order valence-electron chi connectivity index (χ4n) is 1.36. The van der Waals surface area contributed by atoms with E-state index in [-0.39, 0.29) is 5.56 Å². The molecule has 0 radical (unpaired) electrons. The maximum absolute atomic E-state index is 13.4. The van der Waals surface area contributed by atoms with Crippen molar-refractivity contribution in [2.45, 2.75) is 0 Å². The molecule has 0 saturated heterocycles. The molecule has 0 saturated carbocycles. The second kappa shape index (κ2) is 3.65. The molecule has 0 aliphatic rings. The molecule has 0 unspecified atom stereocenters. The highest BCUT2D eigenvalue weighted by Gasteiger charge is 2.08. The van der Waals surface area contributed by atoms with E-state index in [9.17, 15) is 8.78 Å². The van der Waals surface area contributed by atoms with Crippen molar-refractivity contribution < 1.29 is 8.78 Å². The summed E-state index contributed by atoms with van der Waals surface area (Å²) in [6.45, 7) is 0. The van der Waals surface area contributed by atoms with Crippen LogP contribution in [0.2, 0.25) is 0 Å². The van der Waals surface area contributed by atoms with Crippen molar-refractivity contribution in [1.29, 1.82) is 0 Å². The molecule has 2 rings (SSSR count). The number of nitrogen functional groups attached to an aromatic ring is 1. The van der Waals surface area contributed by atoms with E-state index >= 15 is 0 Å². The molecule has 0 aliphatic heterocycles. The predicted octanol–water partition coefficient (Wildman–Crippen LogP) is 2.61. The van der Waals surface area contributed by atoms with Gasteiger partial charge in [0.2, 0.25) is 0 Å². The van der Waals surface area contributed by atoms with Gasteiger partial charge in [0.05, 0.1) is 11.9 Å². The number of aromatic nitrogens is 1. The van der Waals surface area contributed by atoms with Crippen molar-refractivity contribution in [3.63, 3.8) is 0 Å². The van der Waals surface area contributed by atoms with E-state index in [1.54, 1.807) is 6.07 Å². The number of halogens is 2. The average Bonchev–Trinajstić information content (AvgIpc) is 2.20. The first-order chi connectivity index (χ1) is 7.18. The summed E-state index contributed by atoms with van der Waals surface area (Å²) in [6.07, 6.45) is 2.94. The van der Waals surface area contributed by atoms with Gasteiger partial charge in [-0.2, -0.15) is 0 Å². The Morgan fingerprint density at radius 1 is 1.07 bits per heavy atom. The van der Waals surface area contributed by atoms with Gasteiger partial charge in [-0.3, -0.25) is 4.98 Å². The molecule has 4 heteroatoms. The number of nitrogens with zero attached hydrogens (tertiary/aromatic N) is 1. The first-order valence-electron chi connectivity index (χ1n) is 4.33. The number of anilines is 1. The molecule has 76 valence electrons.